The number of alkyl halides is 3. The Morgan fingerprint density at radius 2 is 1.89 bits per heavy atom. The second-order valence-electron chi connectivity index (χ2n) is 4.43. The van der Waals surface area contributed by atoms with Crippen LogP contribution in [0.5, 0.6) is 0 Å². The van der Waals surface area contributed by atoms with Gasteiger partial charge >= 0.3 is 6.18 Å². The van der Waals surface area contributed by atoms with Crippen LogP contribution in [0.4, 0.5) is 13.2 Å². The van der Waals surface area contributed by atoms with Crippen LogP contribution in [-0.4, -0.2) is 16.5 Å². The number of halogens is 4. The Hall–Kier alpha value is -0.880. The van der Waals surface area contributed by atoms with Crippen LogP contribution in [0.2, 0.25) is 0 Å². The summed E-state index contributed by atoms with van der Waals surface area (Å²) in [6.45, 7) is 4.51. The quantitative estimate of drug-likeness (QED) is 0.860. The molecule has 0 spiro atoms. The fourth-order valence-electron chi connectivity index (χ4n) is 1.87. The molecule has 1 aromatic rings. The lowest BCUT2D eigenvalue weighted by molar-refractivity contribution is -0.142. The number of hydrogen-bond donors (Lipinski definition) is 1. The van der Waals surface area contributed by atoms with Crippen LogP contribution in [0.15, 0.2) is 0 Å². The lowest BCUT2D eigenvalue weighted by atomic mass is 10.0. The Balaban J connectivity index is 0.00000162. The number of hydrogen-bond acceptors (Lipinski definition) is 3. The summed E-state index contributed by atoms with van der Waals surface area (Å²) in [6.07, 6.45) is -4.06. The molecular formula is C11H15ClF3N3. The van der Waals surface area contributed by atoms with Gasteiger partial charge in [0.25, 0.3) is 0 Å². The molecule has 3 nitrogen and oxygen atoms in total. The first-order valence-electron chi connectivity index (χ1n) is 5.57. The van der Waals surface area contributed by atoms with Gasteiger partial charge in [0.15, 0.2) is 5.69 Å². The summed E-state index contributed by atoms with van der Waals surface area (Å²) in [5, 5.41) is 3.03. The van der Waals surface area contributed by atoms with Gasteiger partial charge in [-0.05, 0) is 13.0 Å². The molecule has 18 heavy (non-hydrogen) atoms. The van der Waals surface area contributed by atoms with Crippen LogP contribution in [0.25, 0.3) is 0 Å². The molecule has 0 aliphatic carbocycles. The van der Waals surface area contributed by atoms with E-state index < -0.39 is 11.9 Å². The fraction of sp³-hybridized carbons (Fsp3) is 0.636. The highest BCUT2D eigenvalue weighted by molar-refractivity contribution is 5.85. The molecule has 1 aliphatic heterocycles. The highest BCUT2D eigenvalue weighted by atomic mass is 35.5. The summed E-state index contributed by atoms with van der Waals surface area (Å²) in [5.74, 6) is 0.156. The molecule has 0 unspecified atom stereocenters. The number of aromatic nitrogens is 2. The zero-order valence-electron chi connectivity index (χ0n) is 10.1. The molecular weight excluding hydrogens is 267 g/mol. The monoisotopic (exact) mass is 281 g/mol. The third-order valence-electron chi connectivity index (χ3n) is 2.74. The molecule has 1 N–H and O–H groups in total. The number of nitrogens with one attached hydrogen (secondary N) is 1. The van der Waals surface area contributed by atoms with E-state index in [1.807, 2.05) is 0 Å². The van der Waals surface area contributed by atoms with Gasteiger partial charge in [0.1, 0.15) is 5.82 Å². The molecule has 102 valence electrons. The van der Waals surface area contributed by atoms with E-state index >= 15 is 0 Å². The molecule has 0 atom stereocenters. The summed E-state index contributed by atoms with van der Waals surface area (Å²) in [7, 11) is 0. The maximum atomic E-state index is 12.9. The van der Waals surface area contributed by atoms with Crippen molar-refractivity contribution in [1.82, 2.24) is 15.3 Å². The molecule has 0 saturated carbocycles. The van der Waals surface area contributed by atoms with Crippen LogP contribution in [0.3, 0.4) is 0 Å². The van der Waals surface area contributed by atoms with Crippen molar-refractivity contribution in [3.63, 3.8) is 0 Å². The Morgan fingerprint density at radius 3 is 2.44 bits per heavy atom. The molecule has 1 aromatic heterocycles. The predicted molar refractivity (Wildman–Crippen MR) is 63.8 cm³/mol. The molecule has 1 aliphatic rings. The molecule has 0 amide bonds. The van der Waals surface area contributed by atoms with Crippen molar-refractivity contribution in [2.24, 2.45) is 0 Å². The average Bonchev–Trinajstić information content (AvgIpc) is 2.26. The molecule has 0 aromatic carbocycles. The zero-order valence-corrected chi connectivity index (χ0v) is 11.0. The first-order chi connectivity index (χ1) is 7.89. The Labute approximate surface area is 110 Å². The van der Waals surface area contributed by atoms with Crippen LogP contribution >= 0.6 is 12.4 Å². The first-order valence-corrected chi connectivity index (χ1v) is 5.57. The Morgan fingerprint density at radius 1 is 1.22 bits per heavy atom. The maximum Gasteiger partial charge on any atom is 0.433 e. The second-order valence-corrected chi connectivity index (χ2v) is 4.43. The van der Waals surface area contributed by atoms with Gasteiger partial charge in [-0.1, -0.05) is 13.8 Å². The Kier molecular flexibility index (Phi) is 4.55. The molecule has 2 rings (SSSR count). The van der Waals surface area contributed by atoms with Crippen molar-refractivity contribution in [3.8, 4) is 0 Å². The van der Waals surface area contributed by atoms with E-state index in [1.54, 1.807) is 13.8 Å². The molecule has 0 bridgehead atoms. The zero-order chi connectivity index (χ0) is 12.6. The van der Waals surface area contributed by atoms with Crippen LogP contribution in [-0.2, 0) is 19.1 Å². The molecule has 2 heterocycles. The summed E-state index contributed by atoms with van der Waals surface area (Å²) < 4.78 is 38.7. The minimum Gasteiger partial charge on any atom is -0.311 e. The van der Waals surface area contributed by atoms with E-state index in [9.17, 15) is 13.2 Å². The van der Waals surface area contributed by atoms with Gasteiger partial charge in [0.2, 0.25) is 0 Å². The van der Waals surface area contributed by atoms with Crippen molar-refractivity contribution < 1.29 is 13.2 Å². The van der Waals surface area contributed by atoms with Gasteiger partial charge in [0.05, 0.1) is 5.69 Å². The smallest absolute Gasteiger partial charge is 0.311 e. The summed E-state index contributed by atoms with van der Waals surface area (Å²) >= 11 is 0. The normalized spacial score (nSPS) is 15.2. The van der Waals surface area contributed by atoms with Gasteiger partial charge in [-0.2, -0.15) is 13.2 Å². The number of fused-ring (bicyclic) bond motifs is 1. The van der Waals surface area contributed by atoms with Crippen LogP contribution < -0.4 is 5.32 Å². The number of nitrogens with zero attached hydrogens (tertiary/aromatic N) is 2. The standard InChI is InChI=1S/C11H14F3N3.ClH/c1-6(2)10-16-8-5-15-4-3-7(8)9(17-10)11(12,13)14;/h6,15H,3-5H2,1-2H3;1H. The van der Waals surface area contributed by atoms with Gasteiger partial charge in [-0.25, -0.2) is 9.97 Å². The summed E-state index contributed by atoms with van der Waals surface area (Å²) in [6, 6.07) is 0. The first kappa shape index (κ1) is 15.2. The van der Waals surface area contributed by atoms with Gasteiger partial charge in [0, 0.05) is 18.0 Å². The van der Waals surface area contributed by atoms with Crippen molar-refractivity contribution in [3.05, 3.63) is 22.8 Å². The predicted octanol–water partition coefficient (Wildman–Crippen LogP) is 2.69. The van der Waals surface area contributed by atoms with E-state index in [4.69, 9.17) is 0 Å². The maximum absolute atomic E-state index is 12.9. The topological polar surface area (TPSA) is 37.8 Å². The number of rotatable bonds is 1. The fourth-order valence-corrected chi connectivity index (χ4v) is 1.87. The third kappa shape index (κ3) is 2.92. The van der Waals surface area contributed by atoms with E-state index in [0.29, 0.717) is 25.2 Å². The van der Waals surface area contributed by atoms with E-state index in [1.165, 1.54) is 0 Å². The van der Waals surface area contributed by atoms with Gasteiger partial charge in [-0.15, -0.1) is 12.4 Å². The van der Waals surface area contributed by atoms with Crippen LogP contribution in [0.1, 0.15) is 42.5 Å². The van der Waals surface area contributed by atoms with Crippen molar-refractivity contribution in [2.75, 3.05) is 6.54 Å². The van der Waals surface area contributed by atoms with E-state index in [-0.39, 0.29) is 29.7 Å². The van der Waals surface area contributed by atoms with Crippen molar-refractivity contribution >= 4 is 12.4 Å². The SMILES string of the molecule is CC(C)c1nc2c(c(C(F)(F)F)n1)CCNC2.Cl. The van der Waals surface area contributed by atoms with Gasteiger partial charge in [-0.3, -0.25) is 0 Å². The van der Waals surface area contributed by atoms with Crippen molar-refractivity contribution in [1.29, 1.82) is 0 Å². The lowest BCUT2D eigenvalue weighted by Gasteiger charge is -2.21. The molecule has 0 fully saturated rings. The minimum absolute atomic E-state index is 0. The summed E-state index contributed by atoms with van der Waals surface area (Å²) in [4.78, 5) is 7.91. The highest BCUT2D eigenvalue weighted by Gasteiger charge is 2.38. The highest BCUT2D eigenvalue weighted by Crippen LogP contribution is 2.33. The Bertz CT molecular complexity index is 432. The third-order valence-corrected chi connectivity index (χ3v) is 2.74. The lowest BCUT2D eigenvalue weighted by Crippen LogP contribution is -2.29. The minimum atomic E-state index is -4.39. The average molecular weight is 282 g/mol. The van der Waals surface area contributed by atoms with Crippen molar-refractivity contribution in [2.45, 2.75) is 38.9 Å². The van der Waals surface area contributed by atoms with Gasteiger partial charge < -0.3 is 5.32 Å². The largest absolute Gasteiger partial charge is 0.433 e. The molecule has 0 saturated heterocycles. The van der Waals surface area contributed by atoms with Crippen LogP contribution in [0, 0.1) is 0 Å². The molecule has 7 heteroatoms. The van der Waals surface area contributed by atoms with E-state index in [2.05, 4.69) is 15.3 Å². The molecule has 0 radical (unpaired) electrons. The second kappa shape index (κ2) is 5.40. The van der Waals surface area contributed by atoms with E-state index in [0.717, 1.165) is 0 Å². The summed E-state index contributed by atoms with van der Waals surface area (Å²) in [5.41, 5.74) is -0.0179.